The molecule has 0 bridgehead atoms. The van der Waals surface area contributed by atoms with Crippen molar-refractivity contribution in [3.05, 3.63) is 24.0 Å². The molecule has 0 unspecified atom stereocenters. The Morgan fingerprint density at radius 2 is 2.11 bits per heavy atom. The number of nitrogens with zero attached hydrogens (tertiary/aromatic N) is 4. The van der Waals surface area contributed by atoms with Crippen LogP contribution < -0.4 is 14.8 Å². The van der Waals surface area contributed by atoms with Gasteiger partial charge in [-0.15, -0.1) is 15.0 Å². The maximum absolute atomic E-state index is 5.29. The van der Waals surface area contributed by atoms with Crippen molar-refractivity contribution < 1.29 is 9.47 Å². The number of hydrogen-bond acceptors (Lipinski definition) is 6. The van der Waals surface area contributed by atoms with E-state index in [-0.39, 0.29) is 0 Å². The Balaban J connectivity index is 2.31. The van der Waals surface area contributed by atoms with Crippen LogP contribution >= 0.6 is 0 Å². The van der Waals surface area contributed by atoms with Gasteiger partial charge in [-0.25, -0.2) is 0 Å². The average Bonchev–Trinajstić information content (AvgIpc) is 2.93. The quantitative estimate of drug-likeness (QED) is 0.815. The summed E-state index contributed by atoms with van der Waals surface area (Å²) in [4.78, 5) is 1.45. The summed E-state index contributed by atoms with van der Waals surface area (Å²) >= 11 is 0. The fraction of sp³-hybridized carbons (Fsp3) is 0.417. The van der Waals surface area contributed by atoms with Gasteiger partial charge >= 0.3 is 0 Å². The molecule has 0 radical (unpaired) electrons. The van der Waals surface area contributed by atoms with E-state index in [4.69, 9.17) is 9.47 Å². The van der Waals surface area contributed by atoms with E-state index in [1.165, 1.54) is 4.80 Å². The van der Waals surface area contributed by atoms with Gasteiger partial charge in [-0.05, 0) is 24.4 Å². The lowest BCUT2D eigenvalue weighted by atomic mass is 10.3. The van der Waals surface area contributed by atoms with Gasteiger partial charge in [0.2, 0.25) is 0 Å². The lowest BCUT2D eigenvalue weighted by molar-refractivity contribution is 0.399. The van der Waals surface area contributed by atoms with Gasteiger partial charge in [0.05, 0.1) is 14.2 Å². The maximum Gasteiger partial charge on any atom is 0.176 e. The molecule has 0 atom stereocenters. The first-order valence-electron chi connectivity index (χ1n) is 5.94. The first kappa shape index (κ1) is 13.3. The minimum atomic E-state index is 0.665. The average molecular weight is 263 g/mol. The van der Waals surface area contributed by atoms with Crippen LogP contribution in [0.25, 0.3) is 5.69 Å². The molecule has 2 aromatic rings. The van der Waals surface area contributed by atoms with E-state index in [0.717, 1.165) is 13.0 Å². The molecule has 0 saturated heterocycles. The minimum Gasteiger partial charge on any atom is -0.497 e. The van der Waals surface area contributed by atoms with E-state index < -0.39 is 0 Å². The molecular weight excluding hydrogens is 246 g/mol. The molecule has 2 rings (SSSR count). The summed E-state index contributed by atoms with van der Waals surface area (Å²) < 4.78 is 10.5. The van der Waals surface area contributed by atoms with Crippen LogP contribution in [0.1, 0.15) is 5.82 Å². The summed E-state index contributed by atoms with van der Waals surface area (Å²) in [7, 11) is 5.10. The van der Waals surface area contributed by atoms with Gasteiger partial charge in [-0.3, -0.25) is 0 Å². The monoisotopic (exact) mass is 263 g/mol. The summed E-state index contributed by atoms with van der Waals surface area (Å²) in [6, 6.07) is 5.44. The van der Waals surface area contributed by atoms with Crippen molar-refractivity contribution >= 4 is 0 Å². The molecule has 19 heavy (non-hydrogen) atoms. The summed E-state index contributed by atoms with van der Waals surface area (Å²) in [5.41, 5.74) is 0.699. The second kappa shape index (κ2) is 6.14. The van der Waals surface area contributed by atoms with Crippen LogP contribution in [-0.4, -0.2) is 48.0 Å². The third kappa shape index (κ3) is 3.00. The Morgan fingerprint density at radius 1 is 1.26 bits per heavy atom. The molecule has 0 aliphatic carbocycles. The van der Waals surface area contributed by atoms with Crippen LogP contribution in [0.2, 0.25) is 0 Å². The van der Waals surface area contributed by atoms with Crippen molar-refractivity contribution in [3.8, 4) is 17.2 Å². The van der Waals surface area contributed by atoms with Gasteiger partial charge in [0, 0.05) is 19.0 Å². The third-order valence-corrected chi connectivity index (χ3v) is 2.66. The first-order chi connectivity index (χ1) is 9.28. The van der Waals surface area contributed by atoms with Crippen molar-refractivity contribution in [2.45, 2.75) is 6.42 Å². The molecule has 7 nitrogen and oxygen atoms in total. The van der Waals surface area contributed by atoms with Crippen LogP contribution in [0, 0.1) is 0 Å². The SMILES string of the molecule is CNCCc1nnn(-c2cc(OC)ccc2OC)n1. The van der Waals surface area contributed by atoms with Gasteiger partial charge in [0.1, 0.15) is 17.2 Å². The number of nitrogens with one attached hydrogen (secondary N) is 1. The number of rotatable bonds is 6. The molecule has 1 heterocycles. The predicted octanol–water partition coefficient (Wildman–Crippen LogP) is 0.441. The molecule has 0 aliphatic heterocycles. The van der Waals surface area contributed by atoms with Gasteiger partial charge < -0.3 is 14.8 Å². The number of likely N-dealkylation sites (N-methyl/N-ethyl adjacent to an activating group) is 1. The number of ether oxygens (including phenoxy) is 2. The smallest absolute Gasteiger partial charge is 0.176 e. The van der Waals surface area contributed by atoms with E-state index in [1.54, 1.807) is 14.2 Å². The fourth-order valence-electron chi connectivity index (χ4n) is 1.64. The molecule has 0 amide bonds. The highest BCUT2D eigenvalue weighted by atomic mass is 16.5. The molecule has 1 aromatic carbocycles. The highest BCUT2D eigenvalue weighted by Crippen LogP contribution is 2.26. The predicted molar refractivity (Wildman–Crippen MR) is 69.9 cm³/mol. The van der Waals surface area contributed by atoms with Gasteiger partial charge in [0.15, 0.2) is 5.82 Å². The van der Waals surface area contributed by atoms with E-state index >= 15 is 0 Å². The molecule has 1 N–H and O–H groups in total. The van der Waals surface area contributed by atoms with Crippen molar-refractivity contribution in [3.63, 3.8) is 0 Å². The highest BCUT2D eigenvalue weighted by Gasteiger charge is 2.11. The lowest BCUT2D eigenvalue weighted by Gasteiger charge is -2.08. The topological polar surface area (TPSA) is 74.1 Å². The minimum absolute atomic E-state index is 0.665. The number of tetrazole rings is 1. The number of aromatic nitrogens is 4. The third-order valence-electron chi connectivity index (χ3n) is 2.66. The Hall–Kier alpha value is -2.15. The maximum atomic E-state index is 5.29. The molecule has 0 aliphatic rings. The van der Waals surface area contributed by atoms with E-state index in [9.17, 15) is 0 Å². The van der Waals surface area contributed by atoms with Gasteiger partial charge in [0.25, 0.3) is 0 Å². The Bertz CT molecular complexity index is 541. The van der Waals surface area contributed by atoms with Crippen LogP contribution in [-0.2, 0) is 6.42 Å². The van der Waals surface area contributed by atoms with Crippen molar-refractivity contribution in [2.24, 2.45) is 0 Å². The van der Waals surface area contributed by atoms with Crippen LogP contribution in [0.3, 0.4) is 0 Å². The summed E-state index contributed by atoms with van der Waals surface area (Å²) in [6.45, 7) is 0.806. The Morgan fingerprint density at radius 3 is 2.79 bits per heavy atom. The zero-order valence-electron chi connectivity index (χ0n) is 11.3. The van der Waals surface area contributed by atoms with Crippen LogP contribution in [0.5, 0.6) is 11.5 Å². The number of hydrogen-bond donors (Lipinski definition) is 1. The van der Waals surface area contributed by atoms with Crippen molar-refractivity contribution in [2.75, 3.05) is 27.8 Å². The van der Waals surface area contributed by atoms with Crippen LogP contribution in [0.15, 0.2) is 18.2 Å². The number of methoxy groups -OCH3 is 2. The summed E-state index contributed by atoms with van der Waals surface area (Å²) in [5, 5.41) is 15.4. The highest BCUT2D eigenvalue weighted by molar-refractivity contribution is 5.49. The zero-order valence-corrected chi connectivity index (χ0v) is 11.3. The number of benzene rings is 1. The fourth-order valence-corrected chi connectivity index (χ4v) is 1.64. The second-order valence-corrected chi connectivity index (χ2v) is 3.89. The molecular formula is C12H17N5O2. The molecule has 7 heteroatoms. The summed E-state index contributed by atoms with van der Waals surface area (Å²) in [6.07, 6.45) is 0.725. The Kier molecular flexibility index (Phi) is 4.30. The van der Waals surface area contributed by atoms with E-state index in [2.05, 4.69) is 20.7 Å². The van der Waals surface area contributed by atoms with Crippen molar-refractivity contribution in [1.82, 2.24) is 25.5 Å². The van der Waals surface area contributed by atoms with Gasteiger partial charge in [-0.1, -0.05) is 0 Å². The van der Waals surface area contributed by atoms with Crippen molar-refractivity contribution in [1.29, 1.82) is 0 Å². The Labute approximate surface area is 111 Å². The van der Waals surface area contributed by atoms with Crippen LogP contribution in [0.4, 0.5) is 0 Å². The summed E-state index contributed by atoms with van der Waals surface area (Å²) in [5.74, 6) is 2.06. The lowest BCUT2D eigenvalue weighted by Crippen LogP contribution is -2.11. The second-order valence-electron chi connectivity index (χ2n) is 3.89. The largest absolute Gasteiger partial charge is 0.497 e. The molecule has 0 spiro atoms. The molecule has 0 fully saturated rings. The van der Waals surface area contributed by atoms with Gasteiger partial charge in [-0.2, -0.15) is 0 Å². The van der Waals surface area contributed by atoms with E-state index in [0.29, 0.717) is 23.0 Å². The van der Waals surface area contributed by atoms with E-state index in [1.807, 2.05) is 25.2 Å². The molecule has 102 valence electrons. The molecule has 1 aromatic heterocycles. The molecule has 0 saturated carbocycles. The zero-order chi connectivity index (χ0) is 13.7. The normalized spacial score (nSPS) is 10.5. The standard InChI is InChI=1S/C12H17N5O2/c1-13-7-6-12-14-16-17(15-12)10-8-9(18-2)4-5-11(10)19-3/h4-5,8,13H,6-7H2,1-3H3. The first-order valence-corrected chi connectivity index (χ1v) is 5.94.